The molecule has 1 heterocycles. The zero-order valence-corrected chi connectivity index (χ0v) is 19.5. The van der Waals surface area contributed by atoms with Crippen molar-refractivity contribution in [2.24, 2.45) is 4.99 Å². The summed E-state index contributed by atoms with van der Waals surface area (Å²) in [6.07, 6.45) is -4.93. The number of carbonyl (C=O) groups excluding carboxylic acids is 2. The summed E-state index contributed by atoms with van der Waals surface area (Å²) in [6.45, 7) is 1.96. The van der Waals surface area contributed by atoms with Crippen LogP contribution in [0.4, 0.5) is 28.9 Å². The maximum Gasteiger partial charge on any atom is 0.416 e. The number of nitrogens with one attached hydrogen (secondary N) is 1. The molecule has 1 aliphatic heterocycles. The fourth-order valence-corrected chi connectivity index (χ4v) is 4.57. The molecular weight excluding hydrogens is 538 g/mol. The molecule has 2 aromatic rings. The van der Waals surface area contributed by atoms with Crippen molar-refractivity contribution in [2.45, 2.75) is 24.8 Å². The van der Waals surface area contributed by atoms with Gasteiger partial charge in [0.05, 0.1) is 16.3 Å². The molecule has 1 N–H and O–H groups in total. The molecule has 2 aromatic carbocycles. The number of amidine groups is 1. The van der Waals surface area contributed by atoms with Crippen LogP contribution >= 0.6 is 39.3 Å². The minimum Gasteiger partial charge on any atom is -0.325 e. The molecular formula is C20H15BrClF4N3O2S. The van der Waals surface area contributed by atoms with Crippen LogP contribution in [0, 0.1) is 5.82 Å². The second-order valence-electron chi connectivity index (χ2n) is 6.62. The van der Waals surface area contributed by atoms with Gasteiger partial charge in [-0.15, -0.1) is 0 Å². The number of carbonyl (C=O) groups is 2. The molecule has 0 spiro atoms. The third kappa shape index (κ3) is 5.62. The fraction of sp³-hybridized carbons (Fsp3) is 0.250. The van der Waals surface area contributed by atoms with E-state index in [-0.39, 0.29) is 34.5 Å². The maximum atomic E-state index is 14.1. The molecule has 1 atom stereocenters. The van der Waals surface area contributed by atoms with Gasteiger partial charge in [0, 0.05) is 17.4 Å². The Morgan fingerprint density at radius 2 is 2.00 bits per heavy atom. The van der Waals surface area contributed by atoms with Crippen LogP contribution in [0.15, 0.2) is 45.9 Å². The molecule has 1 saturated heterocycles. The van der Waals surface area contributed by atoms with E-state index in [1.165, 1.54) is 17.0 Å². The summed E-state index contributed by atoms with van der Waals surface area (Å²) in [6, 6.07) is 6.85. The molecule has 1 fully saturated rings. The average Bonchev–Trinajstić information content (AvgIpc) is 2.99. The molecule has 2 amide bonds. The van der Waals surface area contributed by atoms with Gasteiger partial charge in [0.15, 0.2) is 5.17 Å². The van der Waals surface area contributed by atoms with E-state index in [2.05, 4.69) is 26.2 Å². The van der Waals surface area contributed by atoms with Crippen LogP contribution in [0.5, 0.6) is 0 Å². The first-order valence-corrected chi connectivity index (χ1v) is 11.2. The van der Waals surface area contributed by atoms with Crippen LogP contribution in [0.1, 0.15) is 18.9 Å². The second-order valence-corrected chi connectivity index (χ2v) is 9.12. The Balaban J connectivity index is 1.76. The lowest BCUT2D eigenvalue weighted by molar-refractivity contribution is -0.137. The molecule has 3 rings (SSSR count). The zero-order valence-electron chi connectivity index (χ0n) is 16.3. The number of alkyl halides is 3. The molecule has 1 aliphatic rings. The summed E-state index contributed by atoms with van der Waals surface area (Å²) >= 11 is 10.0. The highest BCUT2D eigenvalue weighted by molar-refractivity contribution is 9.10. The standard InChI is InChI=1S/C20H15BrClF4N3O2S/c1-2-29-18(31)16(32-19(29)28-14-6-4-11(21)8-13(14)23)9-17(30)27-15-7-10(20(24,25)26)3-5-12(15)22/h3-8,16H,2,9H2,1H3,(H,27,30). The summed E-state index contributed by atoms with van der Waals surface area (Å²) in [5.41, 5.74) is -1.14. The number of benzene rings is 2. The SMILES string of the molecule is CCN1C(=O)C(CC(=O)Nc2cc(C(F)(F)F)ccc2Cl)SC1=Nc1ccc(Br)cc1F. The first-order chi connectivity index (χ1) is 15.0. The monoisotopic (exact) mass is 551 g/mol. The van der Waals surface area contributed by atoms with E-state index in [0.29, 0.717) is 4.47 Å². The van der Waals surface area contributed by atoms with E-state index in [9.17, 15) is 27.2 Å². The second kappa shape index (κ2) is 9.80. The van der Waals surface area contributed by atoms with E-state index in [0.717, 1.165) is 30.0 Å². The molecule has 5 nitrogen and oxygen atoms in total. The van der Waals surface area contributed by atoms with E-state index < -0.39 is 34.6 Å². The van der Waals surface area contributed by atoms with Crippen molar-refractivity contribution in [3.05, 3.63) is 57.3 Å². The Morgan fingerprint density at radius 3 is 2.62 bits per heavy atom. The fourth-order valence-electron chi connectivity index (χ4n) is 2.86. The predicted molar refractivity (Wildman–Crippen MR) is 120 cm³/mol. The molecule has 12 heteroatoms. The Hall–Kier alpha value is -2.11. The first kappa shape index (κ1) is 24.5. The molecule has 1 unspecified atom stereocenters. The molecule has 0 aromatic heterocycles. The van der Waals surface area contributed by atoms with Crippen LogP contribution in [-0.4, -0.2) is 33.7 Å². The molecule has 32 heavy (non-hydrogen) atoms. The Labute approximate surface area is 198 Å². The summed E-state index contributed by atoms with van der Waals surface area (Å²) < 4.78 is 53.4. The summed E-state index contributed by atoms with van der Waals surface area (Å²) in [4.78, 5) is 30.7. The van der Waals surface area contributed by atoms with Crippen LogP contribution in [-0.2, 0) is 15.8 Å². The quantitative estimate of drug-likeness (QED) is 0.447. The highest BCUT2D eigenvalue weighted by Gasteiger charge is 2.38. The van der Waals surface area contributed by atoms with Gasteiger partial charge in [-0.05, 0) is 43.3 Å². The van der Waals surface area contributed by atoms with Gasteiger partial charge in [-0.3, -0.25) is 14.5 Å². The summed E-state index contributed by atoms with van der Waals surface area (Å²) in [5.74, 6) is -1.68. The van der Waals surface area contributed by atoms with Crippen LogP contribution in [0.2, 0.25) is 5.02 Å². The van der Waals surface area contributed by atoms with E-state index in [1.807, 2.05) is 0 Å². The molecule has 170 valence electrons. The van der Waals surface area contributed by atoms with E-state index >= 15 is 0 Å². The van der Waals surface area contributed by atoms with Gasteiger partial charge in [0.25, 0.3) is 0 Å². The number of nitrogens with zero attached hydrogens (tertiary/aromatic N) is 2. The van der Waals surface area contributed by atoms with Crippen LogP contribution in [0.3, 0.4) is 0 Å². The lowest BCUT2D eigenvalue weighted by atomic mass is 10.2. The van der Waals surface area contributed by atoms with Crippen molar-refractivity contribution in [2.75, 3.05) is 11.9 Å². The number of anilines is 1. The van der Waals surface area contributed by atoms with Crippen molar-refractivity contribution < 1.29 is 27.2 Å². The number of aliphatic imine (C=N–C) groups is 1. The lowest BCUT2D eigenvalue weighted by Crippen LogP contribution is -2.33. The molecule has 0 radical (unpaired) electrons. The van der Waals surface area contributed by atoms with Crippen molar-refractivity contribution >= 4 is 67.6 Å². The third-order valence-electron chi connectivity index (χ3n) is 4.40. The zero-order chi connectivity index (χ0) is 23.6. The van der Waals surface area contributed by atoms with Gasteiger partial charge < -0.3 is 5.32 Å². The minimum absolute atomic E-state index is 0.0304. The van der Waals surface area contributed by atoms with Gasteiger partial charge in [0.2, 0.25) is 11.8 Å². The van der Waals surface area contributed by atoms with E-state index in [1.54, 1.807) is 13.0 Å². The number of thioether (sulfide) groups is 1. The van der Waals surface area contributed by atoms with Crippen molar-refractivity contribution in [1.29, 1.82) is 0 Å². The Bertz CT molecular complexity index is 1100. The molecule has 0 bridgehead atoms. The van der Waals surface area contributed by atoms with Gasteiger partial charge in [-0.2, -0.15) is 13.2 Å². The predicted octanol–water partition coefficient (Wildman–Crippen LogP) is 6.24. The average molecular weight is 553 g/mol. The number of hydrogen-bond acceptors (Lipinski definition) is 4. The van der Waals surface area contributed by atoms with Gasteiger partial charge in [0.1, 0.15) is 16.8 Å². The highest BCUT2D eigenvalue weighted by atomic mass is 79.9. The highest BCUT2D eigenvalue weighted by Crippen LogP contribution is 2.35. The molecule has 0 saturated carbocycles. The van der Waals surface area contributed by atoms with Crippen molar-refractivity contribution in [1.82, 2.24) is 4.90 Å². The van der Waals surface area contributed by atoms with E-state index in [4.69, 9.17) is 11.6 Å². The lowest BCUT2D eigenvalue weighted by Gasteiger charge is -2.14. The smallest absolute Gasteiger partial charge is 0.325 e. The van der Waals surface area contributed by atoms with Crippen LogP contribution < -0.4 is 5.32 Å². The number of halogens is 6. The Morgan fingerprint density at radius 1 is 1.28 bits per heavy atom. The number of rotatable bonds is 5. The third-order valence-corrected chi connectivity index (χ3v) is 6.40. The largest absolute Gasteiger partial charge is 0.416 e. The van der Waals surface area contributed by atoms with Crippen molar-refractivity contribution in [3.63, 3.8) is 0 Å². The normalized spacial score (nSPS) is 17.8. The topological polar surface area (TPSA) is 61.8 Å². The molecule has 0 aliphatic carbocycles. The maximum absolute atomic E-state index is 14.1. The Kier molecular flexibility index (Phi) is 7.51. The summed E-state index contributed by atoms with van der Waals surface area (Å²) in [7, 11) is 0. The van der Waals surface area contributed by atoms with Gasteiger partial charge in [-0.25, -0.2) is 9.38 Å². The summed E-state index contributed by atoms with van der Waals surface area (Å²) in [5, 5.41) is 1.62. The van der Waals surface area contributed by atoms with Crippen LogP contribution in [0.25, 0.3) is 0 Å². The first-order valence-electron chi connectivity index (χ1n) is 9.18. The number of hydrogen-bond donors (Lipinski definition) is 1. The van der Waals surface area contributed by atoms with Crippen molar-refractivity contribution in [3.8, 4) is 0 Å². The van der Waals surface area contributed by atoms with Gasteiger partial charge in [-0.1, -0.05) is 39.3 Å². The van der Waals surface area contributed by atoms with Gasteiger partial charge >= 0.3 is 6.18 Å². The minimum atomic E-state index is -4.60. The number of amides is 2.